The molecule has 3 aromatic rings. The average Bonchev–Trinajstić information content (AvgIpc) is 3.38. The standard InChI is InChI=1S/C16H14N6O/c23-15(12-3-1-6-17-10-12)20-14-9-13(11-4-5-11)21-22(14)16-18-7-2-8-19-16/h1-3,6-11H,4-5H2,(H,20,23). The maximum Gasteiger partial charge on any atom is 0.258 e. The molecule has 0 aromatic carbocycles. The Bertz CT molecular complexity index is 826. The quantitative estimate of drug-likeness (QED) is 0.798. The van der Waals surface area contributed by atoms with Gasteiger partial charge in [-0.1, -0.05) is 0 Å². The summed E-state index contributed by atoms with van der Waals surface area (Å²) in [4.78, 5) is 24.7. The van der Waals surface area contributed by atoms with Crippen molar-refractivity contribution in [3.05, 3.63) is 60.3 Å². The van der Waals surface area contributed by atoms with Crippen molar-refractivity contribution in [1.82, 2.24) is 24.7 Å². The van der Waals surface area contributed by atoms with Gasteiger partial charge in [0.1, 0.15) is 5.82 Å². The van der Waals surface area contributed by atoms with Crippen LogP contribution in [0.15, 0.2) is 49.1 Å². The van der Waals surface area contributed by atoms with E-state index in [0.29, 0.717) is 23.2 Å². The largest absolute Gasteiger partial charge is 0.306 e. The van der Waals surface area contributed by atoms with Gasteiger partial charge >= 0.3 is 0 Å². The highest BCUT2D eigenvalue weighted by Gasteiger charge is 2.28. The maximum absolute atomic E-state index is 12.4. The van der Waals surface area contributed by atoms with E-state index in [1.165, 1.54) is 6.20 Å². The Morgan fingerprint density at radius 3 is 2.70 bits per heavy atom. The van der Waals surface area contributed by atoms with Crippen LogP contribution in [0.3, 0.4) is 0 Å². The number of pyridine rings is 1. The molecule has 23 heavy (non-hydrogen) atoms. The molecule has 1 N–H and O–H groups in total. The van der Waals surface area contributed by atoms with Crippen LogP contribution in [0, 0.1) is 0 Å². The van der Waals surface area contributed by atoms with E-state index in [1.807, 2.05) is 6.07 Å². The number of hydrogen-bond acceptors (Lipinski definition) is 5. The normalized spacial score (nSPS) is 13.7. The molecule has 0 unspecified atom stereocenters. The third-order valence-electron chi connectivity index (χ3n) is 3.63. The smallest absolute Gasteiger partial charge is 0.258 e. The van der Waals surface area contributed by atoms with Crippen molar-refractivity contribution < 1.29 is 4.79 Å². The number of nitrogens with zero attached hydrogens (tertiary/aromatic N) is 5. The summed E-state index contributed by atoms with van der Waals surface area (Å²) in [6.07, 6.45) is 8.70. The Kier molecular flexibility index (Phi) is 3.30. The van der Waals surface area contributed by atoms with Gasteiger partial charge in [-0.15, -0.1) is 0 Å². The van der Waals surface area contributed by atoms with E-state index >= 15 is 0 Å². The predicted molar refractivity (Wildman–Crippen MR) is 83.3 cm³/mol. The Labute approximate surface area is 132 Å². The van der Waals surface area contributed by atoms with E-state index in [1.54, 1.807) is 41.5 Å². The van der Waals surface area contributed by atoms with Crippen LogP contribution in [-0.4, -0.2) is 30.6 Å². The third kappa shape index (κ3) is 2.80. The summed E-state index contributed by atoms with van der Waals surface area (Å²) >= 11 is 0. The van der Waals surface area contributed by atoms with Crippen molar-refractivity contribution in [2.45, 2.75) is 18.8 Å². The van der Waals surface area contributed by atoms with Gasteiger partial charge in [0.2, 0.25) is 0 Å². The monoisotopic (exact) mass is 306 g/mol. The summed E-state index contributed by atoms with van der Waals surface area (Å²) < 4.78 is 1.57. The van der Waals surface area contributed by atoms with Gasteiger partial charge < -0.3 is 5.32 Å². The summed E-state index contributed by atoms with van der Waals surface area (Å²) in [5, 5.41) is 7.42. The van der Waals surface area contributed by atoms with Gasteiger partial charge in [0.05, 0.1) is 11.3 Å². The molecule has 7 heteroatoms. The van der Waals surface area contributed by atoms with E-state index < -0.39 is 0 Å². The van der Waals surface area contributed by atoms with Crippen LogP contribution in [0.4, 0.5) is 5.82 Å². The molecule has 1 amide bonds. The van der Waals surface area contributed by atoms with Crippen molar-refractivity contribution >= 4 is 11.7 Å². The molecule has 0 radical (unpaired) electrons. The number of anilines is 1. The first-order valence-electron chi connectivity index (χ1n) is 7.40. The van der Waals surface area contributed by atoms with E-state index in [-0.39, 0.29) is 5.91 Å². The molecule has 114 valence electrons. The van der Waals surface area contributed by atoms with E-state index in [9.17, 15) is 4.79 Å². The zero-order chi connectivity index (χ0) is 15.6. The molecule has 0 spiro atoms. The van der Waals surface area contributed by atoms with Gasteiger partial charge in [-0.2, -0.15) is 9.78 Å². The highest BCUT2D eigenvalue weighted by Crippen LogP contribution is 2.40. The minimum Gasteiger partial charge on any atom is -0.306 e. The van der Waals surface area contributed by atoms with Gasteiger partial charge in [-0.25, -0.2) is 9.97 Å². The van der Waals surface area contributed by atoms with Crippen LogP contribution < -0.4 is 5.32 Å². The van der Waals surface area contributed by atoms with Crippen LogP contribution in [-0.2, 0) is 0 Å². The Morgan fingerprint density at radius 2 is 2.00 bits per heavy atom. The molecule has 3 aromatic heterocycles. The number of rotatable bonds is 4. The van der Waals surface area contributed by atoms with Crippen molar-refractivity contribution in [2.75, 3.05) is 5.32 Å². The molecular formula is C16H14N6O. The van der Waals surface area contributed by atoms with E-state index in [2.05, 4.69) is 25.4 Å². The fourth-order valence-electron chi connectivity index (χ4n) is 2.31. The number of amides is 1. The SMILES string of the molecule is O=C(Nc1cc(C2CC2)nn1-c1ncccn1)c1cccnc1. The second-order valence-electron chi connectivity index (χ2n) is 5.39. The first-order valence-corrected chi connectivity index (χ1v) is 7.40. The number of aromatic nitrogens is 5. The first-order chi connectivity index (χ1) is 11.3. The van der Waals surface area contributed by atoms with Crippen molar-refractivity contribution in [3.63, 3.8) is 0 Å². The molecule has 0 aliphatic heterocycles. The first kappa shape index (κ1) is 13.6. The van der Waals surface area contributed by atoms with Gasteiger partial charge in [-0.3, -0.25) is 9.78 Å². The highest BCUT2D eigenvalue weighted by atomic mass is 16.1. The number of hydrogen-bond donors (Lipinski definition) is 1. The Hall–Kier alpha value is -3.09. The molecular weight excluding hydrogens is 292 g/mol. The lowest BCUT2D eigenvalue weighted by Crippen LogP contribution is -2.16. The molecule has 1 fully saturated rings. The molecule has 0 atom stereocenters. The predicted octanol–water partition coefficient (Wildman–Crippen LogP) is 2.19. The van der Waals surface area contributed by atoms with Crippen molar-refractivity contribution in [3.8, 4) is 5.95 Å². The Balaban J connectivity index is 1.68. The molecule has 7 nitrogen and oxygen atoms in total. The second kappa shape index (κ2) is 5.60. The van der Waals surface area contributed by atoms with E-state index in [0.717, 1.165) is 18.5 Å². The fourth-order valence-corrected chi connectivity index (χ4v) is 2.31. The van der Waals surface area contributed by atoms with Gasteiger partial charge in [0.25, 0.3) is 11.9 Å². The van der Waals surface area contributed by atoms with Gasteiger partial charge in [-0.05, 0) is 31.0 Å². The zero-order valence-electron chi connectivity index (χ0n) is 12.3. The van der Waals surface area contributed by atoms with Gasteiger partial charge in [0.15, 0.2) is 0 Å². The highest BCUT2D eigenvalue weighted by molar-refractivity contribution is 6.03. The average molecular weight is 306 g/mol. The molecule has 1 aliphatic carbocycles. The number of carbonyl (C=O) groups excluding carboxylic acids is 1. The second-order valence-corrected chi connectivity index (χ2v) is 5.39. The topological polar surface area (TPSA) is 85.6 Å². The lowest BCUT2D eigenvalue weighted by Gasteiger charge is -2.06. The van der Waals surface area contributed by atoms with Crippen LogP contribution in [0.5, 0.6) is 0 Å². The van der Waals surface area contributed by atoms with E-state index in [4.69, 9.17) is 0 Å². The molecule has 0 saturated heterocycles. The fraction of sp³-hybridized carbons (Fsp3) is 0.188. The molecule has 3 heterocycles. The minimum absolute atomic E-state index is 0.238. The Morgan fingerprint density at radius 1 is 1.17 bits per heavy atom. The molecule has 0 bridgehead atoms. The summed E-state index contributed by atoms with van der Waals surface area (Å²) in [5.74, 6) is 1.22. The zero-order valence-corrected chi connectivity index (χ0v) is 12.3. The van der Waals surface area contributed by atoms with Crippen LogP contribution in [0.25, 0.3) is 5.95 Å². The maximum atomic E-state index is 12.4. The third-order valence-corrected chi connectivity index (χ3v) is 3.63. The summed E-state index contributed by atoms with van der Waals surface area (Å²) in [5.41, 5.74) is 1.45. The molecule has 1 saturated carbocycles. The lowest BCUT2D eigenvalue weighted by atomic mass is 10.2. The number of nitrogens with one attached hydrogen (secondary N) is 1. The van der Waals surface area contributed by atoms with Crippen molar-refractivity contribution in [2.24, 2.45) is 0 Å². The van der Waals surface area contributed by atoms with Crippen molar-refractivity contribution in [1.29, 1.82) is 0 Å². The number of carbonyl (C=O) groups is 1. The summed E-state index contributed by atoms with van der Waals surface area (Å²) in [6, 6.07) is 7.07. The van der Waals surface area contributed by atoms with Crippen LogP contribution in [0.2, 0.25) is 0 Å². The van der Waals surface area contributed by atoms with Gasteiger partial charge in [0, 0.05) is 36.8 Å². The summed E-state index contributed by atoms with van der Waals surface area (Å²) in [6.45, 7) is 0. The summed E-state index contributed by atoms with van der Waals surface area (Å²) in [7, 11) is 0. The lowest BCUT2D eigenvalue weighted by molar-refractivity contribution is 0.102. The molecule has 1 aliphatic rings. The van der Waals surface area contributed by atoms with Crippen LogP contribution >= 0.6 is 0 Å². The minimum atomic E-state index is -0.238. The molecule has 4 rings (SSSR count). The van der Waals surface area contributed by atoms with Crippen LogP contribution in [0.1, 0.15) is 34.8 Å².